The van der Waals surface area contributed by atoms with Crippen LogP contribution in [0.3, 0.4) is 0 Å². The Morgan fingerprint density at radius 1 is 0.386 bits per heavy atom. The van der Waals surface area contributed by atoms with Gasteiger partial charge in [-0.1, -0.05) is 54.6 Å². The molecule has 0 unspecified atom stereocenters. The highest BCUT2D eigenvalue weighted by Crippen LogP contribution is 2.41. The topological polar surface area (TPSA) is 52.4 Å². The van der Waals surface area contributed by atoms with Crippen LogP contribution in [0.5, 0.6) is 5.75 Å². The third kappa shape index (κ3) is 13.3. The molecule has 0 saturated heterocycles. The van der Waals surface area contributed by atoms with E-state index in [4.69, 9.17) is 4.18 Å². The number of halogens is 24. The SMILES string of the molecule is C[S+](C)Oc1cccc([N+](=O)[O-])c1.FC(F)(F)c1cc([B-](c2cc(C(F)(F)F)cc(C(F)(F)F)c2)(c2cc(C(F)(F)F)cc(C(F)(F)F)c2)c2cc(C(F)(F)F)cc(C(F)(F)F)c2)cc(C(F)(F)F)c1. The van der Waals surface area contributed by atoms with E-state index in [1.807, 2.05) is 12.5 Å². The minimum Gasteiger partial charge on any atom is -0.286 e. The predicted octanol–water partition coefficient (Wildman–Crippen LogP) is 13.0. The van der Waals surface area contributed by atoms with Gasteiger partial charge in [-0.25, -0.2) is 0 Å². The maximum absolute atomic E-state index is 14.2. The monoisotopic (exact) mass is 1060 g/mol. The summed E-state index contributed by atoms with van der Waals surface area (Å²) in [5.41, 5.74) is -30.1. The van der Waals surface area contributed by atoms with Gasteiger partial charge in [-0.15, -0.1) is 0 Å². The molecule has 0 saturated carbocycles. The number of nitrogens with zero attached hydrogens (tertiary/aromatic N) is 1. The number of hydrogen-bond acceptors (Lipinski definition) is 3. The van der Waals surface area contributed by atoms with Gasteiger partial charge in [0.15, 0.2) is 16.9 Å². The molecule has 70 heavy (non-hydrogen) atoms. The number of hydrogen-bond donors (Lipinski definition) is 0. The molecule has 0 atom stereocenters. The minimum atomic E-state index is -6.13. The smallest absolute Gasteiger partial charge is 0.286 e. The van der Waals surface area contributed by atoms with Gasteiger partial charge in [-0.05, 0) is 30.3 Å². The Hall–Kier alpha value is -5.97. The van der Waals surface area contributed by atoms with Crippen LogP contribution in [0.1, 0.15) is 44.5 Å². The van der Waals surface area contributed by atoms with Crippen molar-refractivity contribution in [1.29, 1.82) is 0 Å². The molecule has 0 fully saturated rings. The van der Waals surface area contributed by atoms with Crippen LogP contribution in [0.15, 0.2) is 97.1 Å². The van der Waals surface area contributed by atoms with Crippen molar-refractivity contribution in [2.24, 2.45) is 0 Å². The number of rotatable bonds is 7. The molecule has 0 bridgehead atoms. The van der Waals surface area contributed by atoms with Crippen LogP contribution in [0, 0.1) is 10.1 Å². The second kappa shape index (κ2) is 19.0. The van der Waals surface area contributed by atoms with Crippen molar-refractivity contribution in [1.82, 2.24) is 0 Å². The van der Waals surface area contributed by atoms with E-state index in [2.05, 4.69) is 0 Å². The van der Waals surface area contributed by atoms with Gasteiger partial charge in [0.05, 0.1) is 55.5 Å². The predicted molar refractivity (Wildman–Crippen MR) is 203 cm³/mol. The Balaban J connectivity index is 0.000000707. The lowest BCUT2D eigenvalue weighted by Gasteiger charge is -2.46. The van der Waals surface area contributed by atoms with E-state index in [-0.39, 0.29) is 16.9 Å². The van der Waals surface area contributed by atoms with E-state index >= 15 is 0 Å². The summed E-state index contributed by atoms with van der Waals surface area (Å²) in [4.78, 5) is 9.96. The van der Waals surface area contributed by atoms with E-state index < -0.39 is 200 Å². The van der Waals surface area contributed by atoms with Crippen LogP contribution in [-0.2, 0) is 60.6 Å². The summed E-state index contributed by atoms with van der Waals surface area (Å²) < 4.78 is 346. The Bertz CT molecular complexity index is 2280. The lowest BCUT2D eigenvalue weighted by molar-refractivity contribution is -0.384. The van der Waals surface area contributed by atoms with Crippen molar-refractivity contribution in [3.8, 4) is 5.75 Å². The Kier molecular flexibility index (Phi) is 15.4. The molecular formula is C40H22BF24NO3S. The number of alkyl halides is 24. The molecule has 0 aliphatic carbocycles. The summed E-state index contributed by atoms with van der Waals surface area (Å²) >= 11 is -0.211. The summed E-state index contributed by atoms with van der Waals surface area (Å²) in [5, 5.41) is 10.4. The Morgan fingerprint density at radius 3 is 0.771 bits per heavy atom. The third-order valence-corrected chi connectivity index (χ3v) is 10.3. The summed E-state index contributed by atoms with van der Waals surface area (Å²) in [5.74, 6) is 0.544. The third-order valence-electron chi connectivity index (χ3n) is 9.73. The Morgan fingerprint density at radius 2 is 0.600 bits per heavy atom. The molecule has 0 aliphatic rings. The normalized spacial score (nSPS) is 13.5. The van der Waals surface area contributed by atoms with E-state index in [9.17, 15) is 115 Å². The second-order valence-electron chi connectivity index (χ2n) is 14.8. The molecule has 4 nitrogen and oxygen atoms in total. The highest BCUT2D eigenvalue weighted by Gasteiger charge is 2.47. The maximum Gasteiger partial charge on any atom is 0.416 e. The summed E-state index contributed by atoms with van der Waals surface area (Å²) in [7, 11) is 0. The van der Waals surface area contributed by atoms with Crippen molar-refractivity contribution in [2.45, 2.75) is 49.4 Å². The first kappa shape index (κ1) is 56.6. The summed E-state index contributed by atoms with van der Waals surface area (Å²) in [6.07, 6.45) is -51.0. The molecule has 382 valence electrons. The van der Waals surface area contributed by atoms with Crippen molar-refractivity contribution in [3.63, 3.8) is 0 Å². The van der Waals surface area contributed by atoms with E-state index in [1.165, 1.54) is 12.1 Å². The standard InChI is InChI=1S/C32H12BF24.C8H10NO3S/c34-25(35,36)13-1-14(26(37,38)39)6-21(5-13)33(22-7-15(27(40,41)42)2-16(8-22)28(43,44)45,23-9-17(29(46,47)48)3-18(10-23)30(49,50)51)24-11-19(31(52,53)54)4-20(12-24)32(55,56)57;1-13(2)12-8-5-3-4-7(6-8)9(10)11/h1-12H;3-6H,1-2H3/q-1;+1. The van der Waals surface area contributed by atoms with Gasteiger partial charge in [-0.3, -0.25) is 14.3 Å². The number of benzene rings is 5. The van der Waals surface area contributed by atoms with E-state index in [1.54, 1.807) is 12.1 Å². The largest absolute Gasteiger partial charge is 0.416 e. The van der Waals surface area contributed by atoms with Crippen LogP contribution in [-0.4, -0.2) is 23.6 Å². The number of nitro benzene ring substituents is 1. The molecule has 0 radical (unpaired) electrons. The van der Waals surface area contributed by atoms with Crippen LogP contribution < -0.4 is 26.0 Å². The van der Waals surface area contributed by atoms with Crippen molar-refractivity contribution in [2.75, 3.05) is 12.5 Å². The Labute approximate surface area is 378 Å². The van der Waals surface area contributed by atoms with Gasteiger partial charge < -0.3 is 0 Å². The average Bonchev–Trinajstić information content (AvgIpc) is 3.18. The molecule has 5 aromatic rings. The average molecular weight is 1060 g/mol. The van der Waals surface area contributed by atoms with Crippen molar-refractivity contribution >= 4 is 44.9 Å². The van der Waals surface area contributed by atoms with Crippen LogP contribution in [0.4, 0.5) is 111 Å². The highest BCUT2D eigenvalue weighted by molar-refractivity contribution is 7.91. The van der Waals surface area contributed by atoms with Crippen LogP contribution in [0.2, 0.25) is 0 Å². The van der Waals surface area contributed by atoms with Crippen LogP contribution in [0.25, 0.3) is 0 Å². The van der Waals surface area contributed by atoms with E-state index in [0.29, 0.717) is 5.75 Å². The van der Waals surface area contributed by atoms with Crippen LogP contribution >= 0.6 is 0 Å². The zero-order chi connectivity index (χ0) is 53.8. The quantitative estimate of drug-likeness (QED) is 0.0537. The molecule has 0 heterocycles. The molecule has 30 heteroatoms. The van der Waals surface area contributed by atoms with Gasteiger partial charge in [0.2, 0.25) is 0 Å². The molecule has 5 aromatic carbocycles. The van der Waals surface area contributed by atoms with Gasteiger partial charge in [0.1, 0.15) is 18.7 Å². The lowest BCUT2D eigenvalue weighted by Crippen LogP contribution is -2.75. The molecule has 0 spiro atoms. The van der Waals surface area contributed by atoms with Crippen molar-refractivity contribution < 1.29 is 114 Å². The summed E-state index contributed by atoms with van der Waals surface area (Å²) in [6.45, 7) is 0. The fourth-order valence-corrected chi connectivity index (χ4v) is 7.40. The van der Waals surface area contributed by atoms with Gasteiger partial charge >= 0.3 is 49.4 Å². The van der Waals surface area contributed by atoms with Gasteiger partial charge in [0, 0.05) is 6.07 Å². The summed E-state index contributed by atoms with van der Waals surface area (Å²) in [6, 6.07) is -2.63. The first-order chi connectivity index (χ1) is 31.4. The van der Waals surface area contributed by atoms with Crippen molar-refractivity contribution in [3.05, 3.63) is 152 Å². The highest BCUT2D eigenvalue weighted by atomic mass is 32.2. The molecule has 0 aromatic heterocycles. The lowest BCUT2D eigenvalue weighted by atomic mass is 9.12. The first-order valence-electron chi connectivity index (χ1n) is 18.2. The number of nitro groups is 1. The second-order valence-corrected chi connectivity index (χ2v) is 16.5. The fraction of sp³-hybridized carbons (Fsp3) is 0.250. The molecule has 0 aliphatic heterocycles. The molecular weight excluding hydrogens is 1040 g/mol. The maximum atomic E-state index is 14.2. The fourth-order valence-electron chi connectivity index (χ4n) is 6.91. The van der Waals surface area contributed by atoms with Gasteiger partial charge in [0.25, 0.3) is 5.69 Å². The molecule has 0 N–H and O–H groups in total. The zero-order valence-electron chi connectivity index (χ0n) is 34.0. The van der Waals surface area contributed by atoms with Gasteiger partial charge in [-0.2, -0.15) is 127 Å². The first-order valence-corrected chi connectivity index (χ1v) is 20.2. The minimum absolute atomic E-state index is 0.0583. The molecule has 5 rings (SSSR count). The zero-order valence-corrected chi connectivity index (χ0v) is 34.8. The van der Waals surface area contributed by atoms with E-state index in [0.717, 1.165) is 0 Å². The molecule has 0 amide bonds. The number of non-ortho nitro benzene ring substituents is 1.